The lowest BCUT2D eigenvalue weighted by Gasteiger charge is -2.07. The van der Waals surface area contributed by atoms with Gasteiger partial charge >= 0.3 is 0 Å². The normalized spacial score (nSPS) is 15.4. The molecule has 1 heterocycles. The van der Waals surface area contributed by atoms with E-state index in [2.05, 4.69) is 44.3 Å². The number of rotatable bonds is 6. The van der Waals surface area contributed by atoms with Crippen LogP contribution < -0.4 is 5.32 Å². The number of benzene rings is 1. The second kappa shape index (κ2) is 5.87. The van der Waals surface area contributed by atoms with Crippen molar-refractivity contribution in [3.63, 3.8) is 0 Å². The first-order chi connectivity index (χ1) is 9.70. The molecule has 1 aliphatic rings. The van der Waals surface area contributed by atoms with Crippen LogP contribution in [0.3, 0.4) is 0 Å². The topological polar surface area (TPSA) is 12.0 Å². The van der Waals surface area contributed by atoms with Crippen LogP contribution in [0.1, 0.15) is 67.9 Å². The highest BCUT2D eigenvalue weighted by atomic mass is 32.1. The molecule has 1 N–H and O–H groups in total. The SMILES string of the molecule is CCCNCc1sc2ccc(C(C)C)cc2c1C1CC1. The number of hydrogen-bond donors (Lipinski definition) is 1. The summed E-state index contributed by atoms with van der Waals surface area (Å²) in [4.78, 5) is 1.58. The van der Waals surface area contributed by atoms with Crippen molar-refractivity contribution in [1.82, 2.24) is 5.32 Å². The van der Waals surface area contributed by atoms with Crippen molar-refractivity contribution in [2.45, 2.75) is 58.4 Å². The molecule has 1 fully saturated rings. The standard InChI is InChI=1S/C18H25NS/c1-4-9-19-11-17-18(13-5-6-13)15-10-14(12(2)3)7-8-16(15)20-17/h7-8,10,12-13,19H,4-6,9,11H2,1-3H3. The van der Waals surface area contributed by atoms with Gasteiger partial charge in [-0.25, -0.2) is 0 Å². The van der Waals surface area contributed by atoms with Gasteiger partial charge in [0.05, 0.1) is 0 Å². The van der Waals surface area contributed by atoms with Crippen molar-refractivity contribution >= 4 is 21.4 Å². The quantitative estimate of drug-likeness (QED) is 0.701. The molecule has 0 amide bonds. The highest BCUT2D eigenvalue weighted by Gasteiger charge is 2.29. The number of hydrogen-bond acceptors (Lipinski definition) is 2. The van der Waals surface area contributed by atoms with Crippen molar-refractivity contribution in [1.29, 1.82) is 0 Å². The Kier molecular flexibility index (Phi) is 4.13. The monoisotopic (exact) mass is 287 g/mol. The van der Waals surface area contributed by atoms with Crippen molar-refractivity contribution in [3.8, 4) is 0 Å². The number of thiophene rings is 1. The van der Waals surface area contributed by atoms with Crippen LogP contribution in [0.15, 0.2) is 18.2 Å². The zero-order chi connectivity index (χ0) is 14.1. The number of nitrogens with one attached hydrogen (secondary N) is 1. The van der Waals surface area contributed by atoms with Gasteiger partial charge in [0.15, 0.2) is 0 Å². The summed E-state index contributed by atoms with van der Waals surface area (Å²) in [5.74, 6) is 1.46. The van der Waals surface area contributed by atoms with Crippen molar-refractivity contribution in [2.24, 2.45) is 0 Å². The fourth-order valence-corrected chi connectivity index (χ4v) is 4.11. The molecular weight excluding hydrogens is 262 g/mol. The molecule has 2 heteroatoms. The minimum atomic E-state index is 0.619. The predicted octanol–water partition coefficient (Wildman–Crippen LogP) is 5.40. The first-order valence-corrected chi connectivity index (χ1v) is 8.78. The summed E-state index contributed by atoms with van der Waals surface area (Å²) >= 11 is 2.00. The molecular formula is C18H25NS. The molecule has 1 aromatic heterocycles. The van der Waals surface area contributed by atoms with Gasteiger partial charge < -0.3 is 5.32 Å². The Labute approximate surface area is 126 Å². The van der Waals surface area contributed by atoms with E-state index in [1.807, 2.05) is 11.3 Å². The van der Waals surface area contributed by atoms with Gasteiger partial charge in [0.25, 0.3) is 0 Å². The third-order valence-electron chi connectivity index (χ3n) is 4.19. The Balaban J connectivity index is 1.99. The molecule has 1 aliphatic carbocycles. The third-order valence-corrected chi connectivity index (χ3v) is 5.38. The lowest BCUT2D eigenvalue weighted by molar-refractivity contribution is 0.678. The molecule has 0 bridgehead atoms. The Morgan fingerprint density at radius 1 is 1.30 bits per heavy atom. The summed E-state index contributed by atoms with van der Waals surface area (Å²) in [6, 6.07) is 7.10. The second-order valence-electron chi connectivity index (χ2n) is 6.30. The fourth-order valence-electron chi connectivity index (χ4n) is 2.87. The van der Waals surface area contributed by atoms with Crippen LogP contribution in [0, 0.1) is 0 Å². The van der Waals surface area contributed by atoms with Crippen LogP contribution >= 0.6 is 11.3 Å². The predicted molar refractivity (Wildman–Crippen MR) is 89.9 cm³/mol. The van der Waals surface area contributed by atoms with E-state index in [0.717, 1.165) is 19.0 Å². The second-order valence-corrected chi connectivity index (χ2v) is 7.44. The van der Waals surface area contributed by atoms with Gasteiger partial charge in [-0.15, -0.1) is 11.3 Å². The summed E-state index contributed by atoms with van der Waals surface area (Å²) < 4.78 is 1.48. The Morgan fingerprint density at radius 2 is 2.10 bits per heavy atom. The molecule has 0 aliphatic heterocycles. The van der Waals surface area contributed by atoms with E-state index in [1.165, 1.54) is 34.9 Å². The highest BCUT2D eigenvalue weighted by Crippen LogP contribution is 2.48. The molecule has 1 aromatic carbocycles. The first kappa shape index (κ1) is 14.1. The van der Waals surface area contributed by atoms with Crippen molar-refractivity contribution in [2.75, 3.05) is 6.54 Å². The zero-order valence-electron chi connectivity index (χ0n) is 12.8. The molecule has 1 saturated carbocycles. The first-order valence-electron chi connectivity index (χ1n) is 7.96. The van der Waals surface area contributed by atoms with E-state index in [9.17, 15) is 0 Å². The lowest BCUT2D eigenvalue weighted by Crippen LogP contribution is -2.13. The van der Waals surface area contributed by atoms with E-state index < -0.39 is 0 Å². The van der Waals surface area contributed by atoms with Crippen LogP contribution in [0.5, 0.6) is 0 Å². The molecule has 0 radical (unpaired) electrons. The summed E-state index contributed by atoms with van der Waals surface area (Å²) in [5.41, 5.74) is 3.14. The summed E-state index contributed by atoms with van der Waals surface area (Å²) in [6.07, 6.45) is 3.98. The van der Waals surface area contributed by atoms with Crippen LogP contribution in [0.4, 0.5) is 0 Å². The molecule has 1 nitrogen and oxygen atoms in total. The van der Waals surface area contributed by atoms with Gasteiger partial charge in [-0.2, -0.15) is 0 Å². The van der Waals surface area contributed by atoms with E-state index in [-0.39, 0.29) is 0 Å². The zero-order valence-corrected chi connectivity index (χ0v) is 13.6. The van der Waals surface area contributed by atoms with Crippen LogP contribution in [-0.2, 0) is 6.54 Å². The minimum Gasteiger partial charge on any atom is -0.312 e. The van der Waals surface area contributed by atoms with Crippen LogP contribution in [0.25, 0.3) is 10.1 Å². The molecule has 108 valence electrons. The van der Waals surface area contributed by atoms with E-state index >= 15 is 0 Å². The van der Waals surface area contributed by atoms with E-state index in [1.54, 1.807) is 10.4 Å². The van der Waals surface area contributed by atoms with Gasteiger partial charge in [-0.1, -0.05) is 26.8 Å². The van der Waals surface area contributed by atoms with Crippen molar-refractivity contribution < 1.29 is 0 Å². The molecule has 2 aromatic rings. The van der Waals surface area contributed by atoms with E-state index in [4.69, 9.17) is 0 Å². The average Bonchev–Trinajstić information content (AvgIpc) is 3.20. The molecule has 0 atom stereocenters. The van der Waals surface area contributed by atoms with Gasteiger partial charge in [-0.3, -0.25) is 0 Å². The van der Waals surface area contributed by atoms with Crippen LogP contribution in [-0.4, -0.2) is 6.54 Å². The average molecular weight is 287 g/mol. The fraction of sp³-hybridized carbons (Fsp3) is 0.556. The molecule has 0 spiro atoms. The van der Waals surface area contributed by atoms with Gasteiger partial charge in [-0.05, 0) is 66.3 Å². The summed E-state index contributed by atoms with van der Waals surface area (Å²) in [5, 5.41) is 5.12. The Hall–Kier alpha value is -0.860. The Bertz CT molecular complexity index is 593. The number of fused-ring (bicyclic) bond motifs is 1. The summed E-state index contributed by atoms with van der Waals surface area (Å²) in [6.45, 7) is 8.97. The van der Waals surface area contributed by atoms with Gasteiger partial charge in [0, 0.05) is 16.1 Å². The Morgan fingerprint density at radius 3 is 2.75 bits per heavy atom. The van der Waals surface area contributed by atoms with Crippen molar-refractivity contribution in [3.05, 3.63) is 34.2 Å². The minimum absolute atomic E-state index is 0.619. The lowest BCUT2D eigenvalue weighted by atomic mass is 9.98. The molecule has 20 heavy (non-hydrogen) atoms. The molecule has 0 saturated heterocycles. The third kappa shape index (κ3) is 2.77. The van der Waals surface area contributed by atoms with Gasteiger partial charge in [0.2, 0.25) is 0 Å². The maximum absolute atomic E-state index is 3.58. The largest absolute Gasteiger partial charge is 0.312 e. The maximum Gasteiger partial charge on any atom is 0.0349 e. The molecule has 3 rings (SSSR count). The van der Waals surface area contributed by atoms with E-state index in [0.29, 0.717) is 5.92 Å². The highest BCUT2D eigenvalue weighted by molar-refractivity contribution is 7.19. The van der Waals surface area contributed by atoms with Crippen LogP contribution in [0.2, 0.25) is 0 Å². The summed E-state index contributed by atoms with van der Waals surface area (Å²) in [7, 11) is 0. The van der Waals surface area contributed by atoms with Gasteiger partial charge in [0.1, 0.15) is 0 Å². The molecule has 0 unspecified atom stereocenters. The maximum atomic E-state index is 3.58. The smallest absolute Gasteiger partial charge is 0.0349 e.